The maximum Gasteiger partial charge on any atom is 0.187 e. The topological polar surface area (TPSA) is 36.4 Å². The SMILES string of the molecule is S=C(NN=CC1CC=CCC1)NC1CCCCC1. The number of nitrogens with zero attached hydrogens (tertiary/aromatic N) is 1. The van der Waals surface area contributed by atoms with Gasteiger partial charge in [-0.1, -0.05) is 31.4 Å². The van der Waals surface area contributed by atoms with Crippen molar-refractivity contribution in [2.75, 3.05) is 0 Å². The molecule has 0 aromatic heterocycles. The maximum atomic E-state index is 5.25. The third-order valence-electron chi connectivity index (χ3n) is 3.70. The Morgan fingerprint density at radius 3 is 2.72 bits per heavy atom. The zero-order chi connectivity index (χ0) is 12.6. The van der Waals surface area contributed by atoms with E-state index in [2.05, 4.69) is 28.0 Å². The van der Waals surface area contributed by atoms with Crippen molar-refractivity contribution in [2.45, 2.75) is 57.4 Å². The molecule has 2 aliphatic carbocycles. The van der Waals surface area contributed by atoms with Gasteiger partial charge in [0.15, 0.2) is 5.11 Å². The molecule has 0 aromatic carbocycles. The molecule has 1 saturated carbocycles. The molecule has 2 N–H and O–H groups in total. The monoisotopic (exact) mass is 265 g/mol. The fourth-order valence-corrected chi connectivity index (χ4v) is 2.84. The van der Waals surface area contributed by atoms with Crippen molar-refractivity contribution < 1.29 is 0 Å². The molecule has 0 amide bonds. The van der Waals surface area contributed by atoms with Crippen LogP contribution in [0.5, 0.6) is 0 Å². The molecule has 4 heteroatoms. The largest absolute Gasteiger partial charge is 0.359 e. The second-order valence-corrected chi connectivity index (χ2v) is 5.65. The van der Waals surface area contributed by atoms with Crippen molar-refractivity contribution in [3.63, 3.8) is 0 Å². The Morgan fingerprint density at radius 1 is 1.17 bits per heavy atom. The van der Waals surface area contributed by atoms with Gasteiger partial charge < -0.3 is 5.32 Å². The first-order valence-corrected chi connectivity index (χ1v) is 7.50. The van der Waals surface area contributed by atoms with Crippen LogP contribution in [0.4, 0.5) is 0 Å². The fourth-order valence-electron chi connectivity index (χ4n) is 2.62. The van der Waals surface area contributed by atoms with Gasteiger partial charge >= 0.3 is 0 Å². The predicted octanol–water partition coefficient (Wildman–Crippen LogP) is 3.13. The molecule has 2 aliphatic rings. The first-order chi connectivity index (χ1) is 8.84. The van der Waals surface area contributed by atoms with Crippen LogP contribution in [0.15, 0.2) is 17.3 Å². The highest BCUT2D eigenvalue weighted by Crippen LogP contribution is 2.17. The van der Waals surface area contributed by atoms with Crippen molar-refractivity contribution in [2.24, 2.45) is 11.0 Å². The van der Waals surface area contributed by atoms with Gasteiger partial charge in [-0.3, -0.25) is 5.43 Å². The molecule has 0 aliphatic heterocycles. The zero-order valence-electron chi connectivity index (χ0n) is 10.9. The van der Waals surface area contributed by atoms with Crippen molar-refractivity contribution >= 4 is 23.5 Å². The van der Waals surface area contributed by atoms with Gasteiger partial charge in [0, 0.05) is 12.3 Å². The van der Waals surface area contributed by atoms with Crippen molar-refractivity contribution in [3.8, 4) is 0 Å². The molecular weight excluding hydrogens is 242 g/mol. The number of thiocarbonyl (C=S) groups is 1. The van der Waals surface area contributed by atoms with Crippen LogP contribution in [0.25, 0.3) is 0 Å². The Bertz CT molecular complexity index is 319. The summed E-state index contributed by atoms with van der Waals surface area (Å²) in [6, 6.07) is 0.548. The fraction of sp³-hybridized carbons (Fsp3) is 0.714. The molecule has 1 atom stereocenters. The second-order valence-electron chi connectivity index (χ2n) is 5.24. The minimum Gasteiger partial charge on any atom is -0.359 e. The standard InChI is InChI=1S/C14H23N3S/c18-14(16-13-9-5-2-6-10-13)17-15-11-12-7-3-1-4-8-12/h1,3,11-13H,2,4-10H2,(H2,16,17,18). The number of hydrogen-bond donors (Lipinski definition) is 2. The van der Waals surface area contributed by atoms with E-state index in [1.165, 1.54) is 44.9 Å². The smallest absolute Gasteiger partial charge is 0.187 e. The minimum absolute atomic E-state index is 0.548. The average molecular weight is 265 g/mol. The van der Waals surface area contributed by atoms with E-state index in [0.717, 1.165) is 6.42 Å². The number of nitrogens with one attached hydrogen (secondary N) is 2. The van der Waals surface area contributed by atoms with E-state index in [-0.39, 0.29) is 0 Å². The predicted molar refractivity (Wildman–Crippen MR) is 80.7 cm³/mol. The van der Waals surface area contributed by atoms with Crippen LogP contribution in [0, 0.1) is 5.92 Å². The van der Waals surface area contributed by atoms with E-state index < -0.39 is 0 Å². The molecule has 0 saturated heterocycles. The molecule has 100 valence electrons. The highest BCUT2D eigenvalue weighted by molar-refractivity contribution is 7.80. The summed E-state index contributed by atoms with van der Waals surface area (Å²) in [5.41, 5.74) is 2.94. The van der Waals surface area contributed by atoms with Crippen LogP contribution < -0.4 is 10.7 Å². The van der Waals surface area contributed by atoms with E-state index in [1.54, 1.807) is 0 Å². The summed E-state index contributed by atoms with van der Waals surface area (Å²) in [5.74, 6) is 0.569. The lowest BCUT2D eigenvalue weighted by atomic mass is 9.96. The van der Waals surface area contributed by atoms with E-state index in [4.69, 9.17) is 12.2 Å². The van der Waals surface area contributed by atoms with Crippen LogP contribution in [0.2, 0.25) is 0 Å². The van der Waals surface area contributed by atoms with Crippen molar-refractivity contribution in [1.82, 2.24) is 10.7 Å². The summed E-state index contributed by atoms with van der Waals surface area (Å²) in [4.78, 5) is 0. The van der Waals surface area contributed by atoms with Gasteiger partial charge in [-0.05, 0) is 50.2 Å². The van der Waals surface area contributed by atoms with E-state index in [0.29, 0.717) is 17.1 Å². The van der Waals surface area contributed by atoms with Gasteiger partial charge in [0.05, 0.1) is 0 Å². The van der Waals surface area contributed by atoms with Crippen LogP contribution >= 0.6 is 12.2 Å². The molecule has 0 spiro atoms. The normalized spacial score (nSPS) is 25.2. The summed E-state index contributed by atoms with van der Waals surface area (Å²) in [5, 5.41) is 8.27. The summed E-state index contributed by atoms with van der Waals surface area (Å²) in [6.45, 7) is 0. The van der Waals surface area contributed by atoms with E-state index in [9.17, 15) is 0 Å². The Kier molecular flexibility index (Phi) is 5.65. The van der Waals surface area contributed by atoms with Crippen LogP contribution in [0.1, 0.15) is 51.4 Å². The first kappa shape index (κ1) is 13.5. The third-order valence-corrected chi connectivity index (χ3v) is 3.91. The van der Waals surface area contributed by atoms with Crippen LogP contribution in [0.3, 0.4) is 0 Å². The van der Waals surface area contributed by atoms with Crippen LogP contribution in [-0.2, 0) is 0 Å². The molecule has 0 radical (unpaired) electrons. The van der Waals surface area contributed by atoms with E-state index >= 15 is 0 Å². The van der Waals surface area contributed by atoms with Gasteiger partial charge in [0.1, 0.15) is 0 Å². The molecule has 0 heterocycles. The first-order valence-electron chi connectivity index (χ1n) is 7.09. The Labute approximate surface area is 115 Å². The average Bonchev–Trinajstić information content (AvgIpc) is 2.41. The highest BCUT2D eigenvalue weighted by Gasteiger charge is 2.13. The van der Waals surface area contributed by atoms with E-state index in [1.807, 2.05) is 6.21 Å². The quantitative estimate of drug-likeness (QED) is 0.356. The maximum absolute atomic E-state index is 5.25. The summed E-state index contributed by atoms with van der Waals surface area (Å²) >= 11 is 5.25. The molecule has 1 fully saturated rings. The highest BCUT2D eigenvalue weighted by atomic mass is 32.1. The summed E-state index contributed by atoms with van der Waals surface area (Å²) in [6.07, 6.45) is 16.4. The molecular formula is C14H23N3S. The Morgan fingerprint density at radius 2 is 2.00 bits per heavy atom. The molecule has 2 rings (SSSR count). The lowest BCUT2D eigenvalue weighted by Crippen LogP contribution is -2.41. The molecule has 0 aromatic rings. The second kappa shape index (κ2) is 7.52. The molecule has 3 nitrogen and oxygen atoms in total. The summed E-state index contributed by atoms with van der Waals surface area (Å²) < 4.78 is 0. The van der Waals surface area contributed by atoms with Gasteiger partial charge in [-0.25, -0.2) is 0 Å². The lowest BCUT2D eigenvalue weighted by Gasteiger charge is -2.23. The van der Waals surface area contributed by atoms with Crippen LogP contribution in [-0.4, -0.2) is 17.4 Å². The third kappa shape index (κ3) is 4.77. The van der Waals surface area contributed by atoms with Gasteiger partial charge in [0.2, 0.25) is 0 Å². The van der Waals surface area contributed by atoms with Gasteiger partial charge in [0.25, 0.3) is 0 Å². The number of rotatable bonds is 3. The van der Waals surface area contributed by atoms with Crippen molar-refractivity contribution in [3.05, 3.63) is 12.2 Å². The molecule has 0 bridgehead atoms. The van der Waals surface area contributed by atoms with Gasteiger partial charge in [-0.2, -0.15) is 5.10 Å². The number of hydrogen-bond acceptors (Lipinski definition) is 2. The van der Waals surface area contributed by atoms with Gasteiger partial charge in [-0.15, -0.1) is 0 Å². The number of hydrazone groups is 1. The molecule has 1 unspecified atom stereocenters. The Hall–Kier alpha value is -0.900. The number of allylic oxidation sites excluding steroid dienone is 2. The molecule has 18 heavy (non-hydrogen) atoms. The van der Waals surface area contributed by atoms with Crippen molar-refractivity contribution in [1.29, 1.82) is 0 Å². The minimum atomic E-state index is 0.548. The lowest BCUT2D eigenvalue weighted by molar-refractivity contribution is 0.412. The zero-order valence-corrected chi connectivity index (χ0v) is 11.7. The summed E-state index contributed by atoms with van der Waals surface area (Å²) in [7, 11) is 0. The Balaban J connectivity index is 1.64.